The molecule has 0 bridgehead atoms. The zero-order chi connectivity index (χ0) is 6.69. The van der Waals surface area contributed by atoms with Crippen LogP contribution in [0.5, 0.6) is 0 Å². The Kier molecular flexibility index (Phi) is 2.52. The van der Waals surface area contributed by atoms with E-state index in [9.17, 15) is 0 Å². The standard InChI is InChI=1S/C8H16O/c1-3-8-7(2)5-4-6-9-8/h7-8H,3-6H2,1-2H3/t7-,8?/m1/s1. The molecule has 0 N–H and O–H groups in total. The summed E-state index contributed by atoms with van der Waals surface area (Å²) in [6.45, 7) is 5.47. The first-order chi connectivity index (χ1) is 4.34. The van der Waals surface area contributed by atoms with Gasteiger partial charge in [0.05, 0.1) is 6.10 Å². The van der Waals surface area contributed by atoms with E-state index in [1.807, 2.05) is 0 Å². The van der Waals surface area contributed by atoms with Gasteiger partial charge in [0.1, 0.15) is 0 Å². The van der Waals surface area contributed by atoms with Gasteiger partial charge in [-0.3, -0.25) is 0 Å². The summed E-state index contributed by atoms with van der Waals surface area (Å²) in [4.78, 5) is 0. The molecule has 0 aromatic rings. The van der Waals surface area contributed by atoms with E-state index in [1.54, 1.807) is 0 Å². The number of rotatable bonds is 1. The molecule has 1 heteroatoms. The van der Waals surface area contributed by atoms with Crippen molar-refractivity contribution in [2.45, 2.75) is 39.2 Å². The van der Waals surface area contributed by atoms with E-state index in [0.717, 1.165) is 12.5 Å². The van der Waals surface area contributed by atoms with Crippen molar-refractivity contribution in [1.82, 2.24) is 0 Å². The van der Waals surface area contributed by atoms with Crippen LogP contribution in [0.1, 0.15) is 33.1 Å². The van der Waals surface area contributed by atoms with Gasteiger partial charge in [0.25, 0.3) is 0 Å². The summed E-state index contributed by atoms with van der Waals surface area (Å²) < 4.78 is 5.54. The molecule has 1 aliphatic rings. The van der Waals surface area contributed by atoms with Crippen molar-refractivity contribution in [2.75, 3.05) is 6.61 Å². The molecule has 0 aromatic carbocycles. The zero-order valence-electron chi connectivity index (χ0n) is 6.39. The molecule has 0 radical (unpaired) electrons. The predicted octanol–water partition coefficient (Wildman–Crippen LogP) is 2.21. The van der Waals surface area contributed by atoms with E-state index in [4.69, 9.17) is 4.74 Å². The van der Waals surface area contributed by atoms with Gasteiger partial charge >= 0.3 is 0 Å². The molecule has 2 atom stereocenters. The van der Waals surface area contributed by atoms with E-state index in [-0.39, 0.29) is 0 Å². The van der Waals surface area contributed by atoms with Gasteiger partial charge in [-0.2, -0.15) is 0 Å². The first kappa shape index (κ1) is 7.07. The molecule has 54 valence electrons. The molecule has 1 nitrogen and oxygen atoms in total. The van der Waals surface area contributed by atoms with Crippen molar-refractivity contribution >= 4 is 0 Å². The van der Waals surface area contributed by atoms with Crippen molar-refractivity contribution in [3.8, 4) is 0 Å². The highest BCUT2D eigenvalue weighted by molar-refractivity contribution is 4.68. The van der Waals surface area contributed by atoms with E-state index < -0.39 is 0 Å². The Balaban J connectivity index is 2.30. The summed E-state index contributed by atoms with van der Waals surface area (Å²) in [7, 11) is 0. The van der Waals surface area contributed by atoms with Crippen LogP contribution in [0.4, 0.5) is 0 Å². The number of hydrogen-bond donors (Lipinski definition) is 0. The molecule has 1 fully saturated rings. The van der Waals surface area contributed by atoms with Crippen LogP contribution in [-0.4, -0.2) is 12.7 Å². The summed E-state index contributed by atoms with van der Waals surface area (Å²) in [5.41, 5.74) is 0. The van der Waals surface area contributed by atoms with E-state index in [0.29, 0.717) is 6.10 Å². The van der Waals surface area contributed by atoms with E-state index in [1.165, 1.54) is 19.3 Å². The summed E-state index contributed by atoms with van der Waals surface area (Å²) in [6, 6.07) is 0. The van der Waals surface area contributed by atoms with Crippen LogP contribution < -0.4 is 0 Å². The quantitative estimate of drug-likeness (QED) is 0.526. The average molecular weight is 128 g/mol. The summed E-state index contributed by atoms with van der Waals surface area (Å²) in [5, 5.41) is 0. The highest BCUT2D eigenvalue weighted by Gasteiger charge is 2.19. The first-order valence-electron chi connectivity index (χ1n) is 3.96. The third-order valence-corrected chi connectivity index (χ3v) is 2.17. The monoisotopic (exact) mass is 128 g/mol. The van der Waals surface area contributed by atoms with Gasteiger partial charge in [-0.1, -0.05) is 13.8 Å². The van der Waals surface area contributed by atoms with Gasteiger partial charge in [0.15, 0.2) is 0 Å². The molecule has 0 aliphatic carbocycles. The fourth-order valence-corrected chi connectivity index (χ4v) is 1.51. The van der Waals surface area contributed by atoms with Gasteiger partial charge in [-0.15, -0.1) is 0 Å². The van der Waals surface area contributed by atoms with Crippen molar-refractivity contribution in [2.24, 2.45) is 5.92 Å². The molecule has 0 amide bonds. The lowest BCUT2D eigenvalue weighted by Crippen LogP contribution is -2.26. The first-order valence-corrected chi connectivity index (χ1v) is 3.96. The van der Waals surface area contributed by atoms with Gasteiger partial charge in [0, 0.05) is 6.61 Å². The normalized spacial score (nSPS) is 36.7. The lowest BCUT2D eigenvalue weighted by Gasteiger charge is -2.27. The van der Waals surface area contributed by atoms with Gasteiger partial charge < -0.3 is 4.74 Å². The second-order valence-corrected chi connectivity index (χ2v) is 2.94. The Morgan fingerprint density at radius 2 is 2.33 bits per heavy atom. The number of ether oxygens (including phenoxy) is 1. The molecule has 0 spiro atoms. The SMILES string of the molecule is CCC1OCCC[C@H]1C. The van der Waals surface area contributed by atoms with Crippen molar-refractivity contribution in [3.05, 3.63) is 0 Å². The summed E-state index contributed by atoms with van der Waals surface area (Å²) in [5.74, 6) is 0.795. The van der Waals surface area contributed by atoms with Crippen LogP contribution in [0.3, 0.4) is 0 Å². The van der Waals surface area contributed by atoms with Crippen molar-refractivity contribution in [1.29, 1.82) is 0 Å². The molecule has 0 saturated carbocycles. The Bertz CT molecular complexity index is 80.6. The highest BCUT2D eigenvalue weighted by atomic mass is 16.5. The van der Waals surface area contributed by atoms with Crippen LogP contribution in [0, 0.1) is 5.92 Å². The lowest BCUT2D eigenvalue weighted by atomic mass is 9.95. The largest absolute Gasteiger partial charge is 0.378 e. The molecule has 1 aliphatic heterocycles. The molecule has 0 aromatic heterocycles. The third-order valence-electron chi connectivity index (χ3n) is 2.17. The smallest absolute Gasteiger partial charge is 0.0598 e. The fourth-order valence-electron chi connectivity index (χ4n) is 1.51. The topological polar surface area (TPSA) is 9.23 Å². The average Bonchev–Trinajstić information content (AvgIpc) is 1.89. The maximum atomic E-state index is 5.54. The Morgan fingerprint density at radius 1 is 1.56 bits per heavy atom. The van der Waals surface area contributed by atoms with E-state index in [2.05, 4.69) is 13.8 Å². The molecule has 1 rings (SSSR count). The summed E-state index contributed by atoms with van der Waals surface area (Å²) in [6.07, 6.45) is 4.36. The molecular formula is C8H16O. The third kappa shape index (κ3) is 1.68. The Morgan fingerprint density at radius 3 is 2.78 bits per heavy atom. The second-order valence-electron chi connectivity index (χ2n) is 2.94. The second kappa shape index (κ2) is 3.21. The van der Waals surface area contributed by atoms with Crippen molar-refractivity contribution in [3.63, 3.8) is 0 Å². The Hall–Kier alpha value is -0.0400. The maximum Gasteiger partial charge on any atom is 0.0598 e. The minimum atomic E-state index is 0.554. The fraction of sp³-hybridized carbons (Fsp3) is 1.00. The van der Waals surface area contributed by atoms with Crippen LogP contribution >= 0.6 is 0 Å². The predicted molar refractivity (Wildman–Crippen MR) is 38.4 cm³/mol. The van der Waals surface area contributed by atoms with Crippen LogP contribution in [0.15, 0.2) is 0 Å². The van der Waals surface area contributed by atoms with Crippen molar-refractivity contribution < 1.29 is 4.74 Å². The van der Waals surface area contributed by atoms with Crippen LogP contribution in [0.2, 0.25) is 0 Å². The Labute approximate surface area is 57.4 Å². The zero-order valence-corrected chi connectivity index (χ0v) is 6.39. The maximum absolute atomic E-state index is 5.54. The lowest BCUT2D eigenvalue weighted by molar-refractivity contribution is -0.0217. The molecule has 1 saturated heterocycles. The van der Waals surface area contributed by atoms with Crippen LogP contribution in [0.25, 0.3) is 0 Å². The number of hydrogen-bond acceptors (Lipinski definition) is 1. The van der Waals surface area contributed by atoms with Crippen LogP contribution in [-0.2, 0) is 4.74 Å². The van der Waals surface area contributed by atoms with Gasteiger partial charge in [0.2, 0.25) is 0 Å². The minimum absolute atomic E-state index is 0.554. The van der Waals surface area contributed by atoms with E-state index >= 15 is 0 Å². The highest BCUT2D eigenvalue weighted by Crippen LogP contribution is 2.21. The summed E-state index contributed by atoms with van der Waals surface area (Å²) >= 11 is 0. The molecular weight excluding hydrogens is 112 g/mol. The van der Waals surface area contributed by atoms with Gasteiger partial charge in [-0.25, -0.2) is 0 Å². The molecule has 1 heterocycles. The molecule has 1 unspecified atom stereocenters. The minimum Gasteiger partial charge on any atom is -0.378 e. The molecule has 9 heavy (non-hydrogen) atoms. The van der Waals surface area contributed by atoms with Gasteiger partial charge in [-0.05, 0) is 25.2 Å².